The van der Waals surface area contributed by atoms with E-state index in [4.69, 9.17) is 10.5 Å². The van der Waals surface area contributed by atoms with Crippen LogP contribution in [0.25, 0.3) is 0 Å². The highest BCUT2D eigenvalue weighted by atomic mass is 35.5. The number of halogens is 2. The number of primary amides is 1. The van der Waals surface area contributed by atoms with Gasteiger partial charge in [-0.1, -0.05) is 6.07 Å². The van der Waals surface area contributed by atoms with E-state index in [9.17, 15) is 4.79 Å². The fourth-order valence-electron chi connectivity index (χ4n) is 0.776. The molecule has 1 rings (SSSR count). The zero-order chi connectivity index (χ0) is 8.27. The van der Waals surface area contributed by atoms with Gasteiger partial charge in [0.1, 0.15) is 5.75 Å². The van der Waals surface area contributed by atoms with Crippen LogP contribution in [-0.4, -0.2) is 13.0 Å². The lowest BCUT2D eigenvalue weighted by Crippen LogP contribution is -2.10. The summed E-state index contributed by atoms with van der Waals surface area (Å²) in [5.41, 5.74) is 5.51. The lowest BCUT2D eigenvalue weighted by molar-refractivity contribution is 0.1000. The molecule has 74 valence electrons. The van der Waals surface area contributed by atoms with Crippen LogP contribution in [0.4, 0.5) is 0 Å². The molecule has 0 aliphatic heterocycles. The van der Waals surface area contributed by atoms with Crippen LogP contribution in [0.15, 0.2) is 24.3 Å². The maximum absolute atomic E-state index is 10.6. The number of benzene rings is 1. The molecule has 1 aromatic rings. The number of hydrogen-bond acceptors (Lipinski definition) is 2. The number of amides is 1. The summed E-state index contributed by atoms with van der Waals surface area (Å²) in [7, 11) is 1.54. The Morgan fingerprint density at radius 1 is 1.38 bits per heavy atom. The first-order valence-corrected chi connectivity index (χ1v) is 3.18. The highest BCUT2D eigenvalue weighted by Gasteiger charge is 1.99. The van der Waals surface area contributed by atoms with Crippen molar-refractivity contribution in [2.75, 3.05) is 7.11 Å². The van der Waals surface area contributed by atoms with Crippen molar-refractivity contribution < 1.29 is 9.53 Å². The maximum Gasteiger partial charge on any atom is 0.248 e. The highest BCUT2D eigenvalue weighted by Crippen LogP contribution is 2.11. The molecule has 0 fully saturated rings. The minimum atomic E-state index is -0.441. The Kier molecular flexibility index (Phi) is 7.37. The van der Waals surface area contributed by atoms with Gasteiger partial charge in [0, 0.05) is 5.56 Å². The summed E-state index contributed by atoms with van der Waals surface area (Å²) >= 11 is 0. The predicted molar refractivity (Wildman–Crippen MR) is 56.0 cm³/mol. The Morgan fingerprint density at radius 2 is 2.00 bits per heavy atom. The summed E-state index contributed by atoms with van der Waals surface area (Å²) in [5, 5.41) is 0. The highest BCUT2D eigenvalue weighted by molar-refractivity contribution is 5.93. The van der Waals surface area contributed by atoms with E-state index in [0.717, 1.165) is 0 Å². The van der Waals surface area contributed by atoms with Crippen LogP contribution in [0.2, 0.25) is 0 Å². The van der Waals surface area contributed by atoms with E-state index in [-0.39, 0.29) is 24.8 Å². The maximum atomic E-state index is 10.6. The third-order valence-electron chi connectivity index (χ3n) is 1.35. The minimum absolute atomic E-state index is 0. The largest absolute Gasteiger partial charge is 0.497 e. The average Bonchev–Trinajstić information content (AvgIpc) is 2.05. The molecule has 1 amide bonds. The summed E-state index contributed by atoms with van der Waals surface area (Å²) in [6, 6.07) is 6.72. The number of carbonyl (C=O) groups excluding carboxylic acids is 1. The fraction of sp³-hybridized carbons (Fsp3) is 0.125. The Hall–Kier alpha value is -0.930. The quantitative estimate of drug-likeness (QED) is 0.830. The van der Waals surface area contributed by atoms with Gasteiger partial charge < -0.3 is 10.5 Å². The van der Waals surface area contributed by atoms with Crippen molar-refractivity contribution >= 4 is 30.7 Å². The van der Waals surface area contributed by atoms with Crippen molar-refractivity contribution in [2.45, 2.75) is 0 Å². The van der Waals surface area contributed by atoms with E-state index in [1.54, 1.807) is 31.4 Å². The third kappa shape index (κ3) is 4.01. The minimum Gasteiger partial charge on any atom is -0.497 e. The molecule has 0 aliphatic rings. The molecule has 2 N–H and O–H groups in total. The van der Waals surface area contributed by atoms with E-state index in [0.29, 0.717) is 11.3 Å². The van der Waals surface area contributed by atoms with E-state index < -0.39 is 5.91 Å². The van der Waals surface area contributed by atoms with Crippen LogP contribution >= 0.6 is 24.8 Å². The van der Waals surface area contributed by atoms with E-state index in [1.165, 1.54) is 0 Å². The van der Waals surface area contributed by atoms with Crippen molar-refractivity contribution in [1.29, 1.82) is 0 Å². The summed E-state index contributed by atoms with van der Waals surface area (Å²) in [4.78, 5) is 10.6. The van der Waals surface area contributed by atoms with Gasteiger partial charge >= 0.3 is 0 Å². The van der Waals surface area contributed by atoms with Crippen LogP contribution in [0.3, 0.4) is 0 Å². The summed E-state index contributed by atoms with van der Waals surface area (Å²) in [6.45, 7) is 0. The normalized spacial score (nSPS) is 7.77. The van der Waals surface area contributed by atoms with Crippen molar-refractivity contribution in [2.24, 2.45) is 5.73 Å². The summed E-state index contributed by atoms with van der Waals surface area (Å²) < 4.78 is 4.90. The van der Waals surface area contributed by atoms with Crippen LogP contribution in [0, 0.1) is 0 Å². The van der Waals surface area contributed by atoms with Gasteiger partial charge in [-0.25, -0.2) is 0 Å². The first kappa shape index (κ1) is 14.6. The molecule has 5 heteroatoms. The third-order valence-corrected chi connectivity index (χ3v) is 1.35. The van der Waals surface area contributed by atoms with Crippen LogP contribution in [0.5, 0.6) is 5.75 Å². The molecule has 0 heterocycles. The number of methoxy groups -OCH3 is 1. The van der Waals surface area contributed by atoms with Gasteiger partial charge in [0.2, 0.25) is 5.91 Å². The molecule has 13 heavy (non-hydrogen) atoms. The summed E-state index contributed by atoms with van der Waals surface area (Å²) in [5.74, 6) is 0.199. The molecule has 0 saturated heterocycles. The van der Waals surface area contributed by atoms with Gasteiger partial charge in [-0.2, -0.15) is 0 Å². The molecular weight excluding hydrogens is 213 g/mol. The molecule has 0 bridgehead atoms. The molecule has 0 unspecified atom stereocenters. The molecule has 0 radical (unpaired) electrons. The monoisotopic (exact) mass is 223 g/mol. The van der Waals surface area contributed by atoms with E-state index in [1.807, 2.05) is 0 Å². The zero-order valence-electron chi connectivity index (χ0n) is 7.02. The predicted octanol–water partition coefficient (Wildman–Crippen LogP) is 1.64. The first-order chi connectivity index (χ1) is 5.24. The van der Waals surface area contributed by atoms with E-state index in [2.05, 4.69) is 0 Å². The van der Waals surface area contributed by atoms with E-state index >= 15 is 0 Å². The smallest absolute Gasteiger partial charge is 0.248 e. The second-order valence-corrected chi connectivity index (χ2v) is 2.10. The summed E-state index contributed by atoms with van der Waals surface area (Å²) in [6.07, 6.45) is 0. The fourth-order valence-corrected chi connectivity index (χ4v) is 0.776. The van der Waals surface area contributed by atoms with Gasteiger partial charge in [0.05, 0.1) is 7.11 Å². The zero-order valence-corrected chi connectivity index (χ0v) is 8.65. The number of ether oxygens (including phenoxy) is 1. The number of rotatable bonds is 2. The molecular formula is C8H11Cl2NO2. The standard InChI is InChI=1S/C8H9NO2.2ClH/c1-11-7-4-2-3-6(5-7)8(9)10;;/h2-5H,1H3,(H2,9,10);2*1H. The lowest BCUT2D eigenvalue weighted by atomic mass is 10.2. The lowest BCUT2D eigenvalue weighted by Gasteiger charge is -1.99. The molecule has 0 aliphatic carbocycles. The second kappa shape index (κ2) is 6.57. The number of carbonyl (C=O) groups is 1. The Bertz CT molecular complexity index is 279. The van der Waals surface area contributed by atoms with Crippen molar-refractivity contribution in [3.05, 3.63) is 29.8 Å². The van der Waals surface area contributed by atoms with Crippen molar-refractivity contribution in [1.82, 2.24) is 0 Å². The molecule has 3 nitrogen and oxygen atoms in total. The molecule has 1 aromatic carbocycles. The molecule has 0 spiro atoms. The average molecular weight is 224 g/mol. The molecule has 0 saturated carbocycles. The molecule has 0 aromatic heterocycles. The van der Waals surface area contributed by atoms with Crippen LogP contribution in [-0.2, 0) is 0 Å². The number of hydrogen-bond donors (Lipinski definition) is 1. The Morgan fingerprint density at radius 3 is 2.46 bits per heavy atom. The van der Waals surface area contributed by atoms with Gasteiger partial charge in [0.15, 0.2) is 0 Å². The van der Waals surface area contributed by atoms with Crippen LogP contribution in [0.1, 0.15) is 10.4 Å². The Balaban J connectivity index is 0. The number of nitrogens with two attached hydrogens (primary N) is 1. The molecule has 0 atom stereocenters. The second-order valence-electron chi connectivity index (χ2n) is 2.10. The van der Waals surface area contributed by atoms with Crippen LogP contribution < -0.4 is 10.5 Å². The van der Waals surface area contributed by atoms with Gasteiger partial charge in [-0.05, 0) is 18.2 Å². The van der Waals surface area contributed by atoms with Gasteiger partial charge in [0.25, 0.3) is 0 Å². The first-order valence-electron chi connectivity index (χ1n) is 3.18. The van der Waals surface area contributed by atoms with Crippen molar-refractivity contribution in [3.63, 3.8) is 0 Å². The SMILES string of the molecule is COc1cccc(C(N)=O)c1.Cl.Cl. The topological polar surface area (TPSA) is 52.3 Å². The van der Waals surface area contributed by atoms with Gasteiger partial charge in [-0.3, -0.25) is 4.79 Å². The van der Waals surface area contributed by atoms with Gasteiger partial charge in [-0.15, -0.1) is 24.8 Å². The van der Waals surface area contributed by atoms with Crippen molar-refractivity contribution in [3.8, 4) is 5.75 Å². The Labute approximate surface area is 89.1 Å².